The molecule has 1 atom stereocenters. The monoisotopic (exact) mass is 580 g/mol. The molecule has 4 rings (SSSR count). The Morgan fingerprint density at radius 2 is 1.78 bits per heavy atom. The Morgan fingerprint density at radius 1 is 1.05 bits per heavy atom. The van der Waals surface area contributed by atoms with Crippen molar-refractivity contribution < 1.29 is 28.5 Å². The van der Waals surface area contributed by atoms with E-state index in [0.717, 1.165) is 74.0 Å². The van der Waals surface area contributed by atoms with Crippen LogP contribution in [-0.2, 0) is 11.2 Å². The lowest BCUT2D eigenvalue weighted by Gasteiger charge is -2.29. The zero-order valence-electron chi connectivity index (χ0n) is 24.8. The fourth-order valence-electron chi connectivity index (χ4n) is 4.79. The molecule has 0 spiro atoms. The van der Waals surface area contributed by atoms with Crippen molar-refractivity contribution in [1.29, 1.82) is 5.26 Å². The van der Waals surface area contributed by atoms with Crippen LogP contribution < -0.4 is 24.3 Å². The van der Waals surface area contributed by atoms with Crippen LogP contribution in [0.15, 0.2) is 23.1 Å². The number of amides is 2. The number of thioether (sulfide) groups is 1. The molecule has 0 bridgehead atoms. The third-order valence-electron chi connectivity index (χ3n) is 7.21. The molecular weight excluding hydrogens is 540 g/mol. The maximum Gasteiger partial charge on any atom is 0.290 e. The SMILES string of the molecule is COc1ccc(/C=C2/SC(=O)NC2=O)cc1OC.Cc1c(C)c2c(c(C)c1OCCCCCCC#N)CCC(C)O2. The Morgan fingerprint density at radius 3 is 2.44 bits per heavy atom. The summed E-state index contributed by atoms with van der Waals surface area (Å²) in [7, 11) is 3.09. The summed E-state index contributed by atoms with van der Waals surface area (Å²) in [5, 5.41) is 10.4. The number of nitrogens with one attached hydrogen (secondary N) is 1. The number of unbranched alkanes of at least 4 members (excludes halogenated alkanes) is 4. The van der Waals surface area contributed by atoms with Gasteiger partial charge in [-0.2, -0.15) is 5.26 Å². The van der Waals surface area contributed by atoms with Gasteiger partial charge in [0, 0.05) is 12.0 Å². The fourth-order valence-corrected chi connectivity index (χ4v) is 5.47. The average Bonchev–Trinajstić information content (AvgIpc) is 3.28. The largest absolute Gasteiger partial charge is 0.493 e. The van der Waals surface area contributed by atoms with E-state index < -0.39 is 0 Å². The van der Waals surface area contributed by atoms with E-state index in [4.69, 9.17) is 24.2 Å². The second kappa shape index (κ2) is 15.4. The van der Waals surface area contributed by atoms with Gasteiger partial charge >= 0.3 is 0 Å². The molecule has 1 saturated heterocycles. The summed E-state index contributed by atoms with van der Waals surface area (Å²) in [5.74, 6) is 2.94. The van der Waals surface area contributed by atoms with Gasteiger partial charge < -0.3 is 18.9 Å². The van der Waals surface area contributed by atoms with E-state index in [-0.39, 0.29) is 11.1 Å². The van der Waals surface area contributed by atoms with E-state index in [9.17, 15) is 9.59 Å². The van der Waals surface area contributed by atoms with Gasteiger partial charge in [-0.25, -0.2) is 0 Å². The number of hydrogen-bond acceptors (Lipinski definition) is 8. The minimum atomic E-state index is -0.375. The molecule has 0 aromatic heterocycles. The highest BCUT2D eigenvalue weighted by molar-refractivity contribution is 8.18. The van der Waals surface area contributed by atoms with Gasteiger partial charge in [0.05, 0.1) is 37.9 Å². The van der Waals surface area contributed by atoms with Crippen molar-refractivity contribution >= 4 is 29.0 Å². The first-order valence-electron chi connectivity index (χ1n) is 14.0. The van der Waals surface area contributed by atoms with Crippen molar-refractivity contribution in [2.24, 2.45) is 0 Å². The summed E-state index contributed by atoms with van der Waals surface area (Å²) in [6.45, 7) is 9.33. The Labute approximate surface area is 247 Å². The molecule has 2 aromatic carbocycles. The molecule has 0 aliphatic carbocycles. The van der Waals surface area contributed by atoms with E-state index in [1.807, 2.05) is 0 Å². The molecule has 9 heteroatoms. The molecule has 1 unspecified atom stereocenters. The van der Waals surface area contributed by atoms with Crippen LogP contribution in [0.4, 0.5) is 4.79 Å². The van der Waals surface area contributed by atoms with Crippen LogP contribution >= 0.6 is 11.8 Å². The van der Waals surface area contributed by atoms with Crippen molar-refractivity contribution in [2.75, 3.05) is 20.8 Å². The van der Waals surface area contributed by atoms with E-state index in [2.05, 4.69) is 39.1 Å². The maximum atomic E-state index is 11.4. The average molecular weight is 581 g/mol. The lowest BCUT2D eigenvalue weighted by atomic mass is 9.92. The molecule has 41 heavy (non-hydrogen) atoms. The summed E-state index contributed by atoms with van der Waals surface area (Å²) < 4.78 is 22.5. The molecule has 2 amide bonds. The molecule has 2 aliphatic heterocycles. The highest BCUT2D eigenvalue weighted by Gasteiger charge is 2.26. The number of ether oxygens (including phenoxy) is 4. The number of nitrogens with zero attached hydrogens (tertiary/aromatic N) is 1. The van der Waals surface area contributed by atoms with E-state index in [1.54, 1.807) is 31.4 Å². The standard InChI is InChI=1S/C20H29NO2.C12H11NO4S/c1-14-10-11-18-17(4)19(15(2)16(3)20(18)23-14)22-13-9-7-5-6-8-12-21;1-16-8-4-3-7(5-9(8)17-2)6-10-11(14)13-12(15)18-10/h14H,5-11,13H2,1-4H3;3-6H,1-2H3,(H,13,14,15)/b;10-6+. The number of methoxy groups -OCH3 is 2. The van der Waals surface area contributed by atoms with Crippen molar-refractivity contribution in [3.8, 4) is 29.1 Å². The number of hydrogen-bond donors (Lipinski definition) is 1. The summed E-state index contributed by atoms with van der Waals surface area (Å²) in [5.41, 5.74) is 5.77. The molecule has 1 fully saturated rings. The highest BCUT2D eigenvalue weighted by Crippen LogP contribution is 2.41. The lowest BCUT2D eigenvalue weighted by molar-refractivity contribution is -0.115. The van der Waals surface area contributed by atoms with Crippen LogP contribution in [0.5, 0.6) is 23.0 Å². The van der Waals surface area contributed by atoms with Gasteiger partial charge in [0.15, 0.2) is 11.5 Å². The predicted octanol–water partition coefficient (Wildman–Crippen LogP) is 7.21. The fraction of sp³-hybridized carbons (Fsp3) is 0.469. The van der Waals surface area contributed by atoms with Gasteiger partial charge in [0.25, 0.3) is 11.1 Å². The van der Waals surface area contributed by atoms with Gasteiger partial charge in [-0.1, -0.05) is 18.9 Å². The molecule has 0 saturated carbocycles. The Balaban J connectivity index is 0.000000232. The van der Waals surface area contributed by atoms with Gasteiger partial charge in [-0.3, -0.25) is 14.9 Å². The number of rotatable bonds is 10. The van der Waals surface area contributed by atoms with E-state index >= 15 is 0 Å². The predicted molar refractivity (Wildman–Crippen MR) is 162 cm³/mol. The first-order valence-corrected chi connectivity index (χ1v) is 14.8. The van der Waals surface area contributed by atoms with Crippen molar-refractivity contribution in [2.45, 2.75) is 78.7 Å². The van der Waals surface area contributed by atoms with Crippen LogP contribution in [0.1, 0.15) is 73.3 Å². The third-order valence-corrected chi connectivity index (χ3v) is 8.02. The topological polar surface area (TPSA) is 107 Å². The maximum absolute atomic E-state index is 11.4. The molecule has 2 aliphatic rings. The first kappa shape index (κ1) is 31.9. The smallest absolute Gasteiger partial charge is 0.290 e. The van der Waals surface area contributed by atoms with Crippen molar-refractivity contribution in [3.05, 3.63) is 50.9 Å². The quantitative estimate of drug-likeness (QED) is 0.232. The number of carbonyl (C=O) groups excluding carboxylic acids is 2. The molecule has 8 nitrogen and oxygen atoms in total. The summed E-state index contributed by atoms with van der Waals surface area (Å²) in [4.78, 5) is 22.8. The second-order valence-corrected chi connectivity index (χ2v) is 11.1. The minimum Gasteiger partial charge on any atom is -0.493 e. The van der Waals surface area contributed by atoms with Crippen LogP contribution in [-0.4, -0.2) is 38.1 Å². The highest BCUT2D eigenvalue weighted by atomic mass is 32.2. The van der Waals surface area contributed by atoms with Gasteiger partial charge in [0.2, 0.25) is 0 Å². The van der Waals surface area contributed by atoms with Crippen LogP contribution in [0.2, 0.25) is 0 Å². The molecule has 2 aromatic rings. The first-order chi connectivity index (χ1) is 19.7. The summed E-state index contributed by atoms with van der Waals surface area (Å²) in [6, 6.07) is 7.46. The van der Waals surface area contributed by atoms with E-state index in [1.165, 1.54) is 29.4 Å². The van der Waals surface area contributed by atoms with Crippen molar-refractivity contribution in [3.63, 3.8) is 0 Å². The molecule has 220 valence electrons. The Hall–Kier alpha value is -3.64. The van der Waals surface area contributed by atoms with Crippen LogP contribution in [0.3, 0.4) is 0 Å². The van der Waals surface area contributed by atoms with Crippen molar-refractivity contribution in [1.82, 2.24) is 5.32 Å². The number of nitriles is 1. The Kier molecular flexibility index (Phi) is 12.0. The molecule has 1 N–H and O–H groups in total. The zero-order chi connectivity index (χ0) is 29.9. The zero-order valence-corrected chi connectivity index (χ0v) is 25.7. The Bertz CT molecular complexity index is 1330. The molecular formula is C32H40N2O6S. The molecule has 2 heterocycles. The molecule has 0 radical (unpaired) electrons. The minimum absolute atomic E-state index is 0.306. The third kappa shape index (κ3) is 8.43. The van der Waals surface area contributed by atoms with Gasteiger partial charge in [0.1, 0.15) is 11.5 Å². The normalized spacial score (nSPS) is 16.6. The van der Waals surface area contributed by atoms with Gasteiger partial charge in [-0.15, -0.1) is 0 Å². The van der Waals surface area contributed by atoms with E-state index in [0.29, 0.717) is 28.9 Å². The number of benzene rings is 2. The lowest BCUT2D eigenvalue weighted by Crippen LogP contribution is -2.21. The summed E-state index contributed by atoms with van der Waals surface area (Å²) >= 11 is 0.881. The van der Waals surface area contributed by atoms with Gasteiger partial charge in [-0.05, 0) is 106 Å². The number of imide groups is 1. The second-order valence-electron chi connectivity index (χ2n) is 10.1. The van der Waals surface area contributed by atoms with Crippen LogP contribution in [0, 0.1) is 32.1 Å². The number of carbonyl (C=O) groups is 2. The van der Waals surface area contributed by atoms with Crippen LogP contribution in [0.25, 0.3) is 6.08 Å². The number of fused-ring (bicyclic) bond motifs is 1. The summed E-state index contributed by atoms with van der Waals surface area (Å²) in [6.07, 6.45) is 9.06.